The van der Waals surface area contributed by atoms with Crippen molar-refractivity contribution >= 4 is 22.4 Å². The van der Waals surface area contributed by atoms with E-state index in [1.807, 2.05) is 13.8 Å². The molecule has 0 aliphatic rings. The fourth-order valence-corrected chi connectivity index (χ4v) is 2.40. The maximum absolute atomic E-state index is 12.0. The van der Waals surface area contributed by atoms with Gasteiger partial charge in [0.2, 0.25) is 0 Å². The Balaban J connectivity index is 2.07. The Morgan fingerprint density at radius 3 is 2.86 bits per heavy atom. The molecule has 0 bridgehead atoms. The van der Waals surface area contributed by atoms with Crippen LogP contribution in [0.4, 0.5) is 5.13 Å². The molecule has 0 aromatic carbocycles. The number of thiazole rings is 1. The summed E-state index contributed by atoms with van der Waals surface area (Å²) in [4.78, 5) is 33.9. The topological polar surface area (TPSA) is 114 Å². The van der Waals surface area contributed by atoms with Crippen molar-refractivity contribution < 1.29 is 4.79 Å². The number of H-pyrrole nitrogens is 1. The Morgan fingerprint density at radius 2 is 2.24 bits per heavy atom. The monoisotopic (exact) mass is 307 g/mol. The molecule has 0 saturated carbocycles. The molecule has 21 heavy (non-hydrogen) atoms. The molecule has 2 aromatic rings. The van der Waals surface area contributed by atoms with Crippen LogP contribution in [-0.2, 0) is 13.0 Å². The SMILES string of the molecule is CC(C)Cc1cc(C(=O)NCc2csc(N)n2)nc(=O)[nH]1. The molecule has 0 atom stereocenters. The van der Waals surface area contributed by atoms with E-state index < -0.39 is 11.6 Å². The summed E-state index contributed by atoms with van der Waals surface area (Å²) in [6.45, 7) is 4.32. The van der Waals surface area contributed by atoms with Gasteiger partial charge in [-0.05, 0) is 18.4 Å². The Bertz CT molecular complexity index is 692. The number of hydrogen-bond acceptors (Lipinski definition) is 6. The molecule has 4 N–H and O–H groups in total. The Morgan fingerprint density at radius 1 is 1.48 bits per heavy atom. The first-order valence-electron chi connectivity index (χ1n) is 6.52. The van der Waals surface area contributed by atoms with Crippen molar-refractivity contribution in [1.29, 1.82) is 0 Å². The number of aromatic nitrogens is 3. The third kappa shape index (κ3) is 4.38. The highest BCUT2D eigenvalue weighted by molar-refractivity contribution is 7.13. The van der Waals surface area contributed by atoms with Crippen LogP contribution in [0, 0.1) is 5.92 Å². The largest absolute Gasteiger partial charge is 0.375 e. The summed E-state index contributed by atoms with van der Waals surface area (Å²) in [5, 5.41) is 4.89. The van der Waals surface area contributed by atoms with Crippen molar-refractivity contribution in [2.45, 2.75) is 26.8 Å². The van der Waals surface area contributed by atoms with Gasteiger partial charge in [0.1, 0.15) is 5.69 Å². The van der Waals surface area contributed by atoms with Gasteiger partial charge in [0, 0.05) is 11.1 Å². The Labute approximate surface area is 125 Å². The van der Waals surface area contributed by atoms with Gasteiger partial charge in [-0.3, -0.25) is 4.79 Å². The summed E-state index contributed by atoms with van der Waals surface area (Å²) in [6, 6.07) is 1.60. The predicted octanol–water partition coefficient (Wildman–Crippen LogP) is 0.937. The Kier molecular flexibility index (Phi) is 4.69. The zero-order valence-electron chi connectivity index (χ0n) is 11.8. The summed E-state index contributed by atoms with van der Waals surface area (Å²) in [5.74, 6) is -0.0328. The molecule has 112 valence electrons. The first kappa shape index (κ1) is 15.2. The molecule has 0 fully saturated rings. The van der Waals surface area contributed by atoms with Gasteiger partial charge >= 0.3 is 5.69 Å². The first-order chi connectivity index (χ1) is 9.94. The molecular formula is C13H17N5O2S. The minimum absolute atomic E-state index is 0.109. The van der Waals surface area contributed by atoms with Crippen LogP contribution in [0.15, 0.2) is 16.2 Å². The maximum Gasteiger partial charge on any atom is 0.345 e. The van der Waals surface area contributed by atoms with Crippen LogP contribution >= 0.6 is 11.3 Å². The van der Waals surface area contributed by atoms with Crippen LogP contribution in [0.5, 0.6) is 0 Å². The van der Waals surface area contributed by atoms with Crippen LogP contribution in [0.3, 0.4) is 0 Å². The zero-order valence-corrected chi connectivity index (χ0v) is 12.7. The van der Waals surface area contributed by atoms with E-state index in [4.69, 9.17) is 5.73 Å². The fraction of sp³-hybridized carbons (Fsp3) is 0.385. The van der Waals surface area contributed by atoms with Crippen molar-refractivity contribution in [2.75, 3.05) is 5.73 Å². The van der Waals surface area contributed by atoms with E-state index in [-0.39, 0.29) is 12.2 Å². The Hall–Kier alpha value is -2.22. The summed E-state index contributed by atoms with van der Waals surface area (Å²) in [6.07, 6.45) is 0.681. The van der Waals surface area contributed by atoms with Crippen molar-refractivity contribution in [3.8, 4) is 0 Å². The third-order valence-electron chi connectivity index (χ3n) is 2.66. The van der Waals surface area contributed by atoms with Crippen molar-refractivity contribution in [3.05, 3.63) is 39.0 Å². The zero-order chi connectivity index (χ0) is 15.4. The van der Waals surface area contributed by atoms with Gasteiger partial charge in [-0.2, -0.15) is 4.98 Å². The van der Waals surface area contributed by atoms with Gasteiger partial charge in [0.15, 0.2) is 5.13 Å². The first-order valence-corrected chi connectivity index (χ1v) is 7.40. The molecule has 0 aliphatic carbocycles. The third-order valence-corrected chi connectivity index (χ3v) is 3.38. The van der Waals surface area contributed by atoms with E-state index >= 15 is 0 Å². The van der Waals surface area contributed by atoms with Gasteiger partial charge in [-0.25, -0.2) is 9.78 Å². The molecule has 1 amide bonds. The van der Waals surface area contributed by atoms with Crippen molar-refractivity contribution in [1.82, 2.24) is 20.3 Å². The quantitative estimate of drug-likeness (QED) is 0.760. The normalized spacial score (nSPS) is 10.8. The van der Waals surface area contributed by atoms with Gasteiger partial charge in [0.25, 0.3) is 5.91 Å². The number of rotatable bonds is 5. The number of nitrogens with zero attached hydrogens (tertiary/aromatic N) is 2. The molecule has 2 heterocycles. The summed E-state index contributed by atoms with van der Waals surface area (Å²) >= 11 is 1.31. The van der Waals surface area contributed by atoms with Gasteiger partial charge in [-0.15, -0.1) is 11.3 Å². The van der Waals surface area contributed by atoms with E-state index in [2.05, 4.69) is 20.3 Å². The number of hydrogen-bond donors (Lipinski definition) is 3. The van der Waals surface area contributed by atoms with E-state index in [1.165, 1.54) is 11.3 Å². The summed E-state index contributed by atoms with van der Waals surface area (Å²) in [7, 11) is 0. The van der Waals surface area contributed by atoms with Crippen LogP contribution in [0.1, 0.15) is 35.7 Å². The number of nitrogens with two attached hydrogens (primary N) is 1. The number of nitrogens with one attached hydrogen (secondary N) is 2. The second-order valence-corrected chi connectivity index (χ2v) is 5.94. The lowest BCUT2D eigenvalue weighted by atomic mass is 10.1. The van der Waals surface area contributed by atoms with Gasteiger partial charge in [0.05, 0.1) is 12.2 Å². The summed E-state index contributed by atoms with van der Waals surface area (Å²) < 4.78 is 0. The van der Waals surface area contributed by atoms with E-state index in [0.717, 1.165) is 0 Å². The molecule has 0 aliphatic heterocycles. The molecule has 0 radical (unpaired) electrons. The maximum atomic E-state index is 12.0. The average Bonchev–Trinajstić information content (AvgIpc) is 2.80. The van der Waals surface area contributed by atoms with Crippen LogP contribution in [0.2, 0.25) is 0 Å². The van der Waals surface area contributed by atoms with E-state index in [0.29, 0.717) is 28.9 Å². The number of carbonyl (C=O) groups is 1. The number of carbonyl (C=O) groups excluding carboxylic acids is 1. The van der Waals surface area contributed by atoms with E-state index in [9.17, 15) is 9.59 Å². The van der Waals surface area contributed by atoms with E-state index in [1.54, 1.807) is 11.4 Å². The molecule has 8 heteroatoms. The van der Waals surface area contributed by atoms with Gasteiger partial charge in [-0.1, -0.05) is 13.8 Å². The minimum atomic E-state index is -0.517. The molecule has 0 saturated heterocycles. The van der Waals surface area contributed by atoms with Crippen LogP contribution < -0.4 is 16.7 Å². The molecule has 2 rings (SSSR count). The highest BCUT2D eigenvalue weighted by atomic mass is 32.1. The number of anilines is 1. The molecule has 2 aromatic heterocycles. The van der Waals surface area contributed by atoms with Crippen LogP contribution in [-0.4, -0.2) is 20.9 Å². The molecule has 7 nitrogen and oxygen atoms in total. The standard InChI is InChI=1S/C13H17N5O2S/c1-7(2)3-8-4-10(18-13(20)17-8)11(19)15-5-9-6-21-12(14)16-9/h4,6-7H,3,5H2,1-2H3,(H2,14,16)(H,15,19)(H,17,18,20). The molecule has 0 spiro atoms. The lowest BCUT2D eigenvalue weighted by Gasteiger charge is -2.07. The number of aromatic amines is 1. The smallest absolute Gasteiger partial charge is 0.345 e. The number of nitrogen functional groups attached to an aromatic ring is 1. The predicted molar refractivity (Wildman–Crippen MR) is 81.1 cm³/mol. The van der Waals surface area contributed by atoms with Crippen molar-refractivity contribution in [3.63, 3.8) is 0 Å². The number of amides is 1. The van der Waals surface area contributed by atoms with Crippen LogP contribution in [0.25, 0.3) is 0 Å². The highest BCUT2D eigenvalue weighted by Crippen LogP contribution is 2.10. The van der Waals surface area contributed by atoms with Gasteiger partial charge < -0.3 is 16.0 Å². The second-order valence-electron chi connectivity index (χ2n) is 5.05. The molecular weight excluding hydrogens is 290 g/mol. The molecule has 0 unspecified atom stereocenters. The summed E-state index contributed by atoms with van der Waals surface area (Å²) in [5.41, 5.74) is 6.49. The van der Waals surface area contributed by atoms with Crippen molar-refractivity contribution in [2.24, 2.45) is 5.92 Å². The lowest BCUT2D eigenvalue weighted by Crippen LogP contribution is -2.27. The average molecular weight is 307 g/mol. The lowest BCUT2D eigenvalue weighted by molar-refractivity contribution is 0.0944. The second kappa shape index (κ2) is 6.49. The fourth-order valence-electron chi connectivity index (χ4n) is 1.84. The highest BCUT2D eigenvalue weighted by Gasteiger charge is 2.11. The minimum Gasteiger partial charge on any atom is -0.375 e.